The number of hydrogen-bond donors (Lipinski definition) is 2. The second kappa shape index (κ2) is 3.26. The Bertz CT molecular complexity index is 463. The fourth-order valence-electron chi connectivity index (χ4n) is 1.44. The molecule has 0 aliphatic carbocycles. The highest BCUT2D eigenvalue weighted by Crippen LogP contribution is 2.25. The molecular formula is C9H12N4O. The van der Waals surface area contributed by atoms with E-state index in [0.717, 1.165) is 28.9 Å². The van der Waals surface area contributed by atoms with E-state index < -0.39 is 0 Å². The summed E-state index contributed by atoms with van der Waals surface area (Å²) in [5, 5.41) is 4.70. The number of nitrogen functional groups attached to an aromatic ring is 1. The Kier molecular flexibility index (Phi) is 2.09. The monoisotopic (exact) mass is 192 g/mol. The maximum atomic E-state index is 5.42. The van der Waals surface area contributed by atoms with Crippen LogP contribution < -0.4 is 11.3 Å². The van der Waals surface area contributed by atoms with Crippen molar-refractivity contribution in [1.82, 2.24) is 10.1 Å². The van der Waals surface area contributed by atoms with Crippen molar-refractivity contribution in [2.75, 3.05) is 5.43 Å². The lowest BCUT2D eigenvalue weighted by Gasteiger charge is -2.03. The lowest BCUT2D eigenvalue weighted by molar-refractivity contribution is 0.442. The number of nitrogens with one attached hydrogen (secondary N) is 1. The van der Waals surface area contributed by atoms with Gasteiger partial charge in [-0.05, 0) is 19.4 Å². The number of rotatable bonds is 2. The van der Waals surface area contributed by atoms with E-state index in [9.17, 15) is 0 Å². The standard InChI is InChI=1S/C9H12N4O/c1-3-6-4-7(12-10)8-5(2)13-14-9(8)11-6/h4H,3,10H2,1-2H3,(H,11,12). The van der Waals surface area contributed by atoms with Crippen LogP contribution in [0.2, 0.25) is 0 Å². The van der Waals surface area contributed by atoms with Gasteiger partial charge >= 0.3 is 0 Å². The predicted molar refractivity (Wildman–Crippen MR) is 53.7 cm³/mol. The van der Waals surface area contributed by atoms with E-state index in [0.29, 0.717) is 5.71 Å². The zero-order valence-corrected chi connectivity index (χ0v) is 8.16. The quantitative estimate of drug-likeness (QED) is 0.555. The Morgan fingerprint density at radius 1 is 1.57 bits per heavy atom. The average molecular weight is 192 g/mol. The number of nitrogens with two attached hydrogens (primary N) is 1. The zero-order chi connectivity index (χ0) is 10.1. The third-order valence-electron chi connectivity index (χ3n) is 2.19. The van der Waals surface area contributed by atoms with Crippen molar-refractivity contribution >= 4 is 16.8 Å². The lowest BCUT2D eigenvalue weighted by atomic mass is 10.2. The molecule has 0 aliphatic heterocycles. The van der Waals surface area contributed by atoms with Crippen LogP contribution in [0.15, 0.2) is 10.6 Å². The number of aryl methyl sites for hydroxylation is 2. The first-order valence-electron chi connectivity index (χ1n) is 4.48. The maximum absolute atomic E-state index is 5.42. The van der Waals surface area contributed by atoms with Crippen LogP contribution in [0.1, 0.15) is 18.3 Å². The van der Waals surface area contributed by atoms with Crippen molar-refractivity contribution < 1.29 is 4.52 Å². The number of hydrazine groups is 1. The van der Waals surface area contributed by atoms with E-state index in [4.69, 9.17) is 10.4 Å². The first kappa shape index (κ1) is 8.96. The van der Waals surface area contributed by atoms with Crippen LogP contribution >= 0.6 is 0 Å². The first-order chi connectivity index (χ1) is 6.76. The number of fused-ring (bicyclic) bond motifs is 1. The number of hydrogen-bond acceptors (Lipinski definition) is 5. The smallest absolute Gasteiger partial charge is 0.260 e. The minimum atomic E-state index is 0.537. The fraction of sp³-hybridized carbons (Fsp3) is 0.333. The summed E-state index contributed by atoms with van der Waals surface area (Å²) >= 11 is 0. The minimum Gasteiger partial charge on any atom is -0.335 e. The number of pyridine rings is 1. The van der Waals surface area contributed by atoms with Gasteiger partial charge in [0.05, 0.1) is 16.8 Å². The molecule has 0 aromatic carbocycles. The van der Waals surface area contributed by atoms with Crippen molar-refractivity contribution in [1.29, 1.82) is 0 Å². The Labute approximate surface area is 81.3 Å². The molecule has 0 saturated heterocycles. The molecule has 5 nitrogen and oxygen atoms in total. The first-order valence-corrected chi connectivity index (χ1v) is 4.48. The molecule has 2 heterocycles. The molecule has 0 saturated carbocycles. The summed E-state index contributed by atoms with van der Waals surface area (Å²) in [4.78, 5) is 4.30. The molecule has 0 spiro atoms. The highest BCUT2D eigenvalue weighted by molar-refractivity contribution is 5.89. The molecule has 5 heteroatoms. The van der Waals surface area contributed by atoms with Gasteiger partial charge in [-0.2, -0.15) is 0 Å². The summed E-state index contributed by atoms with van der Waals surface area (Å²) in [5.41, 5.74) is 5.71. The third kappa shape index (κ3) is 1.22. The van der Waals surface area contributed by atoms with Crippen LogP contribution in [0, 0.1) is 6.92 Å². The van der Waals surface area contributed by atoms with Crippen LogP contribution in [0.3, 0.4) is 0 Å². The van der Waals surface area contributed by atoms with Crippen molar-refractivity contribution in [3.63, 3.8) is 0 Å². The van der Waals surface area contributed by atoms with E-state index in [-0.39, 0.29) is 0 Å². The molecule has 3 N–H and O–H groups in total. The molecular weight excluding hydrogens is 180 g/mol. The van der Waals surface area contributed by atoms with Crippen LogP contribution in [0.5, 0.6) is 0 Å². The SMILES string of the molecule is CCc1cc(NN)c2c(C)noc2n1. The molecule has 0 aliphatic rings. The van der Waals surface area contributed by atoms with Crippen LogP contribution in [-0.4, -0.2) is 10.1 Å². The van der Waals surface area contributed by atoms with E-state index in [1.165, 1.54) is 0 Å². The van der Waals surface area contributed by atoms with Gasteiger partial charge < -0.3 is 9.95 Å². The van der Waals surface area contributed by atoms with Crippen molar-refractivity contribution in [2.45, 2.75) is 20.3 Å². The van der Waals surface area contributed by atoms with Crippen LogP contribution in [0.25, 0.3) is 11.1 Å². The Balaban J connectivity index is 2.76. The maximum Gasteiger partial charge on any atom is 0.260 e. The Hall–Kier alpha value is -1.62. The molecule has 0 fully saturated rings. The summed E-state index contributed by atoms with van der Waals surface area (Å²) in [6.45, 7) is 3.89. The number of anilines is 1. The van der Waals surface area contributed by atoms with Gasteiger partial charge in [-0.1, -0.05) is 12.1 Å². The molecule has 0 unspecified atom stereocenters. The molecule has 14 heavy (non-hydrogen) atoms. The highest BCUT2D eigenvalue weighted by Gasteiger charge is 2.11. The van der Waals surface area contributed by atoms with Gasteiger partial charge in [0, 0.05) is 5.69 Å². The summed E-state index contributed by atoms with van der Waals surface area (Å²) in [5.74, 6) is 5.42. The minimum absolute atomic E-state index is 0.537. The summed E-state index contributed by atoms with van der Waals surface area (Å²) in [6.07, 6.45) is 0.838. The van der Waals surface area contributed by atoms with Gasteiger partial charge in [0.15, 0.2) is 0 Å². The zero-order valence-electron chi connectivity index (χ0n) is 8.16. The number of nitrogens with zero attached hydrogens (tertiary/aromatic N) is 2. The molecule has 0 atom stereocenters. The van der Waals surface area contributed by atoms with E-state index in [1.807, 2.05) is 19.9 Å². The van der Waals surface area contributed by atoms with E-state index >= 15 is 0 Å². The van der Waals surface area contributed by atoms with Gasteiger partial charge in [-0.25, -0.2) is 4.98 Å². The van der Waals surface area contributed by atoms with Crippen LogP contribution in [0.4, 0.5) is 5.69 Å². The average Bonchev–Trinajstić information content (AvgIpc) is 2.59. The predicted octanol–water partition coefficient (Wildman–Crippen LogP) is 1.38. The molecule has 2 rings (SSSR count). The van der Waals surface area contributed by atoms with E-state index in [1.54, 1.807) is 0 Å². The van der Waals surface area contributed by atoms with Gasteiger partial charge in [0.2, 0.25) is 0 Å². The summed E-state index contributed by atoms with van der Waals surface area (Å²) in [7, 11) is 0. The normalized spacial score (nSPS) is 10.8. The molecule has 2 aromatic rings. The molecule has 0 bridgehead atoms. The summed E-state index contributed by atoms with van der Waals surface area (Å²) in [6, 6.07) is 1.91. The van der Waals surface area contributed by atoms with Crippen LogP contribution in [-0.2, 0) is 6.42 Å². The topological polar surface area (TPSA) is 77.0 Å². The van der Waals surface area contributed by atoms with Gasteiger partial charge in [0.25, 0.3) is 5.71 Å². The highest BCUT2D eigenvalue weighted by atomic mass is 16.5. The Morgan fingerprint density at radius 2 is 2.36 bits per heavy atom. The van der Waals surface area contributed by atoms with Crippen molar-refractivity contribution in [3.8, 4) is 0 Å². The van der Waals surface area contributed by atoms with Gasteiger partial charge in [-0.15, -0.1) is 0 Å². The van der Waals surface area contributed by atoms with Gasteiger partial charge in [0.1, 0.15) is 0 Å². The number of aromatic nitrogens is 2. The van der Waals surface area contributed by atoms with Gasteiger partial charge in [-0.3, -0.25) is 5.84 Å². The summed E-state index contributed by atoms with van der Waals surface area (Å²) < 4.78 is 5.08. The second-order valence-corrected chi connectivity index (χ2v) is 3.11. The largest absolute Gasteiger partial charge is 0.335 e. The third-order valence-corrected chi connectivity index (χ3v) is 2.19. The fourth-order valence-corrected chi connectivity index (χ4v) is 1.44. The molecule has 74 valence electrons. The molecule has 0 radical (unpaired) electrons. The van der Waals surface area contributed by atoms with E-state index in [2.05, 4.69) is 15.6 Å². The van der Waals surface area contributed by atoms with Crippen molar-refractivity contribution in [3.05, 3.63) is 17.5 Å². The second-order valence-electron chi connectivity index (χ2n) is 3.11. The lowest BCUT2D eigenvalue weighted by Crippen LogP contribution is -2.08. The molecule has 0 amide bonds. The van der Waals surface area contributed by atoms with Crippen molar-refractivity contribution in [2.24, 2.45) is 5.84 Å². The Morgan fingerprint density at radius 3 is 3.00 bits per heavy atom. The molecule has 2 aromatic heterocycles.